The molecule has 0 atom stereocenters. The van der Waals surface area contributed by atoms with Crippen LogP contribution in [0.25, 0.3) is 28.1 Å². The fourth-order valence-corrected chi connectivity index (χ4v) is 3.67. The molecule has 0 bridgehead atoms. The van der Waals surface area contributed by atoms with E-state index in [4.69, 9.17) is 14.5 Å². The molecular weight excluding hydrogens is 341 g/mol. The van der Waals surface area contributed by atoms with Gasteiger partial charge >= 0.3 is 0 Å². The SMILES string of the molecule is Fc1ccc(-c2c(C=CC3OCCO3)c(C3CC3)nc3ccccc23)cc1. The number of pyridine rings is 1. The Bertz CT molecular complexity index is 1000. The summed E-state index contributed by atoms with van der Waals surface area (Å²) in [7, 11) is 0. The number of hydrogen-bond donors (Lipinski definition) is 0. The maximum atomic E-state index is 13.5. The topological polar surface area (TPSA) is 31.4 Å². The van der Waals surface area contributed by atoms with Crippen molar-refractivity contribution in [1.29, 1.82) is 0 Å². The largest absolute Gasteiger partial charge is 0.347 e. The van der Waals surface area contributed by atoms with Gasteiger partial charge in [-0.05, 0) is 42.7 Å². The molecule has 2 aromatic carbocycles. The van der Waals surface area contributed by atoms with Crippen LogP contribution in [-0.2, 0) is 9.47 Å². The molecule has 27 heavy (non-hydrogen) atoms. The van der Waals surface area contributed by atoms with Gasteiger partial charge in [0, 0.05) is 22.4 Å². The lowest BCUT2D eigenvalue weighted by Gasteiger charge is -2.16. The number of aromatic nitrogens is 1. The summed E-state index contributed by atoms with van der Waals surface area (Å²) in [4.78, 5) is 4.98. The molecule has 2 aliphatic rings. The average molecular weight is 361 g/mol. The van der Waals surface area contributed by atoms with Gasteiger partial charge < -0.3 is 9.47 Å². The number of benzene rings is 2. The smallest absolute Gasteiger partial charge is 0.177 e. The quantitative estimate of drug-likeness (QED) is 0.631. The van der Waals surface area contributed by atoms with E-state index in [1.165, 1.54) is 12.1 Å². The Balaban J connectivity index is 1.74. The maximum Gasteiger partial charge on any atom is 0.177 e. The van der Waals surface area contributed by atoms with Crippen LogP contribution in [0.1, 0.15) is 30.0 Å². The highest BCUT2D eigenvalue weighted by molar-refractivity contribution is 5.99. The minimum absolute atomic E-state index is 0.232. The van der Waals surface area contributed by atoms with Crippen molar-refractivity contribution >= 4 is 17.0 Å². The molecule has 1 aromatic heterocycles. The van der Waals surface area contributed by atoms with Gasteiger partial charge in [0.25, 0.3) is 0 Å². The molecule has 0 amide bonds. The minimum atomic E-state index is -0.315. The fourth-order valence-electron chi connectivity index (χ4n) is 3.67. The first kappa shape index (κ1) is 16.6. The summed E-state index contributed by atoms with van der Waals surface area (Å²) in [6, 6.07) is 14.9. The molecule has 136 valence electrons. The van der Waals surface area contributed by atoms with Crippen LogP contribution in [-0.4, -0.2) is 24.5 Å². The van der Waals surface area contributed by atoms with E-state index in [0.29, 0.717) is 19.1 Å². The van der Waals surface area contributed by atoms with Crippen LogP contribution in [0.5, 0.6) is 0 Å². The Morgan fingerprint density at radius 3 is 2.44 bits per heavy atom. The summed E-state index contributed by atoms with van der Waals surface area (Å²) < 4.78 is 24.6. The number of nitrogens with zero attached hydrogens (tertiary/aromatic N) is 1. The van der Waals surface area contributed by atoms with Gasteiger partial charge in [0.05, 0.1) is 24.4 Å². The molecule has 3 nitrogen and oxygen atoms in total. The summed E-state index contributed by atoms with van der Waals surface area (Å²) >= 11 is 0. The van der Waals surface area contributed by atoms with E-state index in [1.54, 1.807) is 0 Å². The molecule has 5 rings (SSSR count). The molecule has 4 heteroatoms. The first-order chi connectivity index (χ1) is 13.3. The fraction of sp³-hybridized carbons (Fsp3) is 0.261. The molecule has 2 fully saturated rings. The normalized spacial score (nSPS) is 18.0. The average Bonchev–Trinajstić information content (AvgIpc) is 3.41. The van der Waals surface area contributed by atoms with Crippen molar-refractivity contribution in [3.63, 3.8) is 0 Å². The van der Waals surface area contributed by atoms with Gasteiger partial charge in [-0.1, -0.05) is 36.4 Å². The van der Waals surface area contributed by atoms with E-state index in [-0.39, 0.29) is 12.1 Å². The number of ether oxygens (including phenoxy) is 2. The van der Waals surface area contributed by atoms with Crippen molar-refractivity contribution in [3.05, 3.63) is 71.7 Å². The third-order valence-electron chi connectivity index (χ3n) is 5.12. The van der Waals surface area contributed by atoms with E-state index in [2.05, 4.69) is 12.1 Å². The number of rotatable bonds is 4. The Labute approximate surface area is 157 Å². The van der Waals surface area contributed by atoms with Gasteiger partial charge in [0.1, 0.15) is 5.82 Å². The summed E-state index contributed by atoms with van der Waals surface area (Å²) in [5.41, 5.74) is 5.26. The van der Waals surface area contributed by atoms with E-state index < -0.39 is 0 Å². The van der Waals surface area contributed by atoms with E-state index in [9.17, 15) is 4.39 Å². The molecular formula is C23H20FNO2. The summed E-state index contributed by atoms with van der Waals surface area (Å²) in [5, 5.41) is 1.07. The predicted octanol–water partition coefficient (Wildman–Crippen LogP) is 5.30. The summed E-state index contributed by atoms with van der Waals surface area (Å²) in [6.07, 6.45) is 6.03. The first-order valence-corrected chi connectivity index (χ1v) is 9.39. The van der Waals surface area contributed by atoms with Crippen LogP contribution in [0, 0.1) is 5.82 Å². The third-order valence-corrected chi connectivity index (χ3v) is 5.12. The second-order valence-electron chi connectivity index (χ2n) is 7.05. The Hall–Kier alpha value is -2.56. The van der Waals surface area contributed by atoms with Crippen LogP contribution in [0.2, 0.25) is 0 Å². The zero-order valence-electron chi connectivity index (χ0n) is 14.9. The van der Waals surface area contributed by atoms with Crippen LogP contribution >= 0.6 is 0 Å². The second kappa shape index (κ2) is 6.87. The molecule has 0 spiro atoms. The lowest BCUT2D eigenvalue weighted by Crippen LogP contribution is -2.03. The second-order valence-corrected chi connectivity index (χ2v) is 7.05. The van der Waals surface area contributed by atoms with Crippen LogP contribution < -0.4 is 0 Å². The van der Waals surface area contributed by atoms with Crippen molar-refractivity contribution in [2.75, 3.05) is 13.2 Å². The summed E-state index contributed by atoms with van der Waals surface area (Å²) in [6.45, 7) is 1.23. The number of halogens is 1. The van der Waals surface area contributed by atoms with Crippen molar-refractivity contribution in [3.8, 4) is 11.1 Å². The van der Waals surface area contributed by atoms with Gasteiger partial charge in [0.15, 0.2) is 6.29 Å². The molecule has 1 saturated heterocycles. The zero-order valence-corrected chi connectivity index (χ0v) is 14.9. The predicted molar refractivity (Wildman–Crippen MR) is 104 cm³/mol. The van der Waals surface area contributed by atoms with E-state index in [0.717, 1.165) is 46.1 Å². The van der Waals surface area contributed by atoms with Gasteiger partial charge in [-0.2, -0.15) is 0 Å². The maximum absolute atomic E-state index is 13.5. The molecule has 2 heterocycles. The van der Waals surface area contributed by atoms with Crippen molar-refractivity contribution < 1.29 is 13.9 Å². The third kappa shape index (κ3) is 3.27. The lowest BCUT2D eigenvalue weighted by atomic mass is 9.92. The monoisotopic (exact) mass is 361 g/mol. The zero-order chi connectivity index (χ0) is 18.2. The Morgan fingerprint density at radius 1 is 0.963 bits per heavy atom. The standard InChI is InChI=1S/C23H20FNO2/c24-17-9-7-15(8-10-17)22-18-3-1-2-4-20(18)25-23(16-5-6-16)19(22)11-12-21-26-13-14-27-21/h1-4,7-12,16,21H,5-6,13-14H2. The van der Waals surface area contributed by atoms with Gasteiger partial charge in [-0.25, -0.2) is 4.39 Å². The molecule has 3 aromatic rings. The van der Waals surface area contributed by atoms with Crippen LogP contribution in [0.4, 0.5) is 4.39 Å². The molecule has 0 N–H and O–H groups in total. The number of hydrogen-bond acceptors (Lipinski definition) is 3. The van der Waals surface area contributed by atoms with Crippen LogP contribution in [0.3, 0.4) is 0 Å². The lowest BCUT2D eigenvalue weighted by molar-refractivity contribution is -0.000908. The molecule has 0 unspecified atom stereocenters. The van der Waals surface area contributed by atoms with Crippen molar-refractivity contribution in [2.24, 2.45) is 0 Å². The van der Waals surface area contributed by atoms with E-state index >= 15 is 0 Å². The molecule has 1 saturated carbocycles. The Morgan fingerprint density at radius 2 is 1.70 bits per heavy atom. The number of para-hydroxylation sites is 1. The molecule has 0 radical (unpaired) electrons. The summed E-state index contributed by atoms with van der Waals surface area (Å²) in [5.74, 6) is 0.253. The van der Waals surface area contributed by atoms with Crippen LogP contribution in [0.15, 0.2) is 54.6 Å². The van der Waals surface area contributed by atoms with Gasteiger partial charge in [-0.3, -0.25) is 4.98 Å². The molecule has 1 aliphatic carbocycles. The van der Waals surface area contributed by atoms with Gasteiger partial charge in [-0.15, -0.1) is 0 Å². The Kier molecular flexibility index (Phi) is 4.23. The first-order valence-electron chi connectivity index (χ1n) is 9.39. The van der Waals surface area contributed by atoms with Crippen molar-refractivity contribution in [1.82, 2.24) is 4.98 Å². The minimum Gasteiger partial charge on any atom is -0.347 e. The highest BCUT2D eigenvalue weighted by Gasteiger charge is 2.29. The van der Waals surface area contributed by atoms with Crippen molar-refractivity contribution in [2.45, 2.75) is 25.0 Å². The van der Waals surface area contributed by atoms with E-state index in [1.807, 2.05) is 36.4 Å². The highest BCUT2D eigenvalue weighted by Crippen LogP contribution is 2.45. The highest BCUT2D eigenvalue weighted by atomic mass is 19.1. The number of fused-ring (bicyclic) bond motifs is 1. The molecule has 1 aliphatic heterocycles. The van der Waals surface area contributed by atoms with Gasteiger partial charge in [0.2, 0.25) is 0 Å².